The maximum Gasteiger partial charge on any atom is 0.133 e. The lowest BCUT2D eigenvalue weighted by atomic mass is 10.1. The maximum atomic E-state index is 5.40. The summed E-state index contributed by atoms with van der Waals surface area (Å²) in [4.78, 5) is 0. The number of hydrogen-bond donors (Lipinski definition) is 0. The minimum atomic E-state index is 0.815. The second kappa shape index (κ2) is 9.32. The van der Waals surface area contributed by atoms with Crippen molar-refractivity contribution in [3.8, 4) is 0 Å². The monoisotopic (exact) mass is 208 g/mol. The first-order chi connectivity index (χ1) is 7.20. The van der Waals surface area contributed by atoms with Crippen molar-refractivity contribution in [2.75, 3.05) is 0 Å². The average Bonchev–Trinajstić information content (AvgIpc) is 2.60. The molecule has 0 unspecified atom stereocenters. The summed E-state index contributed by atoms with van der Waals surface area (Å²) in [5.41, 5.74) is 2.20. The SMILES string of the molecule is C=Cc1oc(C)c(C)c1C=C.CC.CC. The Morgan fingerprint density at radius 3 is 1.67 bits per heavy atom. The molecular formula is C14H24O. The van der Waals surface area contributed by atoms with Crippen molar-refractivity contribution in [3.63, 3.8) is 0 Å². The predicted octanol–water partition coefficient (Wildman–Crippen LogP) is 5.23. The summed E-state index contributed by atoms with van der Waals surface area (Å²) in [5.74, 6) is 1.75. The maximum absolute atomic E-state index is 5.40. The Bertz CT molecular complexity index is 293. The number of rotatable bonds is 2. The van der Waals surface area contributed by atoms with Crippen LogP contribution in [-0.4, -0.2) is 0 Å². The van der Waals surface area contributed by atoms with Gasteiger partial charge in [0.15, 0.2) is 0 Å². The summed E-state index contributed by atoms with van der Waals surface area (Å²) in [6, 6.07) is 0. The predicted molar refractivity (Wildman–Crippen MR) is 71.1 cm³/mol. The molecule has 0 aliphatic rings. The van der Waals surface area contributed by atoms with E-state index in [2.05, 4.69) is 13.2 Å². The molecule has 0 saturated heterocycles. The molecule has 0 fully saturated rings. The third-order valence-corrected chi connectivity index (χ3v) is 1.85. The van der Waals surface area contributed by atoms with Crippen LogP contribution in [0, 0.1) is 13.8 Å². The molecule has 1 aromatic heterocycles. The molecule has 86 valence electrons. The van der Waals surface area contributed by atoms with Crippen LogP contribution in [0.25, 0.3) is 12.2 Å². The molecule has 15 heavy (non-hydrogen) atoms. The Morgan fingerprint density at radius 2 is 1.40 bits per heavy atom. The lowest BCUT2D eigenvalue weighted by molar-refractivity contribution is 0.522. The van der Waals surface area contributed by atoms with E-state index in [0.717, 1.165) is 22.6 Å². The highest BCUT2D eigenvalue weighted by atomic mass is 16.3. The fourth-order valence-electron chi connectivity index (χ4n) is 1.08. The van der Waals surface area contributed by atoms with Gasteiger partial charge in [-0.1, -0.05) is 46.9 Å². The van der Waals surface area contributed by atoms with Crippen LogP contribution in [0.5, 0.6) is 0 Å². The highest BCUT2D eigenvalue weighted by Gasteiger charge is 2.07. The highest BCUT2D eigenvalue weighted by Crippen LogP contribution is 2.22. The van der Waals surface area contributed by atoms with E-state index in [1.807, 2.05) is 41.5 Å². The fourth-order valence-corrected chi connectivity index (χ4v) is 1.08. The van der Waals surface area contributed by atoms with Gasteiger partial charge in [0.05, 0.1) is 0 Å². The van der Waals surface area contributed by atoms with Crippen LogP contribution in [0.1, 0.15) is 50.3 Å². The van der Waals surface area contributed by atoms with E-state index in [1.165, 1.54) is 0 Å². The van der Waals surface area contributed by atoms with E-state index >= 15 is 0 Å². The average molecular weight is 208 g/mol. The van der Waals surface area contributed by atoms with Crippen molar-refractivity contribution >= 4 is 12.2 Å². The Balaban J connectivity index is 0. The molecule has 0 bridgehead atoms. The molecule has 0 radical (unpaired) electrons. The molecule has 0 atom stereocenters. The Hall–Kier alpha value is -1.24. The Labute approximate surface area is 94.5 Å². The van der Waals surface area contributed by atoms with Gasteiger partial charge in [-0.25, -0.2) is 0 Å². The van der Waals surface area contributed by atoms with Crippen LogP contribution >= 0.6 is 0 Å². The Morgan fingerprint density at radius 1 is 0.933 bits per heavy atom. The summed E-state index contributed by atoms with van der Waals surface area (Å²) in [5, 5.41) is 0. The topological polar surface area (TPSA) is 13.1 Å². The van der Waals surface area contributed by atoms with Gasteiger partial charge >= 0.3 is 0 Å². The second-order valence-electron chi connectivity index (χ2n) is 2.47. The molecule has 0 spiro atoms. The molecular weight excluding hydrogens is 184 g/mol. The first-order valence-corrected chi connectivity index (χ1v) is 5.55. The van der Waals surface area contributed by atoms with Crippen molar-refractivity contribution in [1.29, 1.82) is 0 Å². The van der Waals surface area contributed by atoms with Crippen molar-refractivity contribution in [2.24, 2.45) is 0 Å². The van der Waals surface area contributed by atoms with Gasteiger partial charge in [0.25, 0.3) is 0 Å². The number of furan rings is 1. The van der Waals surface area contributed by atoms with Crippen LogP contribution in [0.3, 0.4) is 0 Å². The molecule has 0 N–H and O–H groups in total. The van der Waals surface area contributed by atoms with Crippen molar-refractivity contribution in [3.05, 3.63) is 35.8 Å². The molecule has 1 heterocycles. The third kappa shape index (κ3) is 4.20. The third-order valence-electron chi connectivity index (χ3n) is 1.85. The van der Waals surface area contributed by atoms with Crippen LogP contribution < -0.4 is 0 Å². The molecule has 1 rings (SSSR count). The van der Waals surface area contributed by atoms with E-state index in [4.69, 9.17) is 4.42 Å². The molecule has 0 saturated carbocycles. The van der Waals surface area contributed by atoms with E-state index in [0.29, 0.717) is 0 Å². The summed E-state index contributed by atoms with van der Waals surface area (Å²) in [6.07, 6.45) is 3.50. The van der Waals surface area contributed by atoms with Crippen molar-refractivity contribution in [1.82, 2.24) is 0 Å². The summed E-state index contributed by atoms with van der Waals surface area (Å²) in [6.45, 7) is 19.3. The number of hydrogen-bond acceptors (Lipinski definition) is 1. The molecule has 0 aliphatic carbocycles. The van der Waals surface area contributed by atoms with Gasteiger partial charge in [-0.2, -0.15) is 0 Å². The minimum Gasteiger partial charge on any atom is -0.461 e. The summed E-state index contributed by atoms with van der Waals surface area (Å²) < 4.78 is 5.40. The lowest BCUT2D eigenvalue weighted by Gasteiger charge is -1.88. The van der Waals surface area contributed by atoms with E-state index in [1.54, 1.807) is 12.2 Å². The molecule has 0 aliphatic heterocycles. The van der Waals surface area contributed by atoms with Gasteiger partial charge in [0, 0.05) is 5.56 Å². The smallest absolute Gasteiger partial charge is 0.133 e. The van der Waals surface area contributed by atoms with E-state index in [-0.39, 0.29) is 0 Å². The fraction of sp³-hybridized carbons (Fsp3) is 0.429. The Kier molecular flexibility index (Phi) is 10.1. The van der Waals surface area contributed by atoms with Gasteiger partial charge in [0.1, 0.15) is 11.5 Å². The second-order valence-corrected chi connectivity index (χ2v) is 2.47. The molecule has 0 amide bonds. The van der Waals surface area contributed by atoms with E-state index in [9.17, 15) is 0 Å². The highest BCUT2D eigenvalue weighted by molar-refractivity contribution is 5.63. The first-order valence-electron chi connectivity index (χ1n) is 5.55. The van der Waals surface area contributed by atoms with Gasteiger partial charge in [-0.15, -0.1) is 0 Å². The normalized spacial score (nSPS) is 7.87. The molecule has 0 aromatic carbocycles. The zero-order chi connectivity index (χ0) is 12.4. The zero-order valence-corrected chi connectivity index (χ0v) is 11.0. The van der Waals surface area contributed by atoms with Crippen molar-refractivity contribution < 1.29 is 4.42 Å². The van der Waals surface area contributed by atoms with E-state index < -0.39 is 0 Å². The van der Waals surface area contributed by atoms with Crippen molar-refractivity contribution in [2.45, 2.75) is 41.5 Å². The summed E-state index contributed by atoms with van der Waals surface area (Å²) in [7, 11) is 0. The lowest BCUT2D eigenvalue weighted by Crippen LogP contribution is -1.74. The summed E-state index contributed by atoms with van der Waals surface area (Å²) >= 11 is 0. The van der Waals surface area contributed by atoms with Gasteiger partial charge in [-0.3, -0.25) is 0 Å². The molecule has 1 nitrogen and oxygen atoms in total. The zero-order valence-electron chi connectivity index (χ0n) is 11.0. The quantitative estimate of drug-likeness (QED) is 0.648. The van der Waals surface area contributed by atoms with Crippen LogP contribution in [0.4, 0.5) is 0 Å². The van der Waals surface area contributed by atoms with Crippen LogP contribution in [0.2, 0.25) is 0 Å². The number of aryl methyl sites for hydroxylation is 1. The standard InChI is InChI=1S/C10H12O.2C2H6/c1-5-9-7(3)8(4)11-10(9)6-2;2*1-2/h5-6H,1-2H2,3-4H3;2*1-2H3. The van der Waals surface area contributed by atoms with Gasteiger partial charge in [-0.05, 0) is 25.5 Å². The minimum absolute atomic E-state index is 0.815. The van der Waals surface area contributed by atoms with Crippen LogP contribution in [-0.2, 0) is 0 Å². The molecule has 1 heteroatoms. The van der Waals surface area contributed by atoms with Crippen LogP contribution in [0.15, 0.2) is 17.6 Å². The van der Waals surface area contributed by atoms with Gasteiger partial charge < -0.3 is 4.42 Å². The van der Waals surface area contributed by atoms with Gasteiger partial charge in [0.2, 0.25) is 0 Å². The molecule has 1 aromatic rings. The largest absolute Gasteiger partial charge is 0.461 e. The first kappa shape index (κ1) is 16.2.